The number of benzene rings is 8. The fourth-order valence-corrected chi connectivity index (χ4v) is 7.65. The third kappa shape index (κ3) is 3.59. The fraction of sp³-hybridized carbons (Fsp3) is 0. The molecule has 0 amide bonds. The van der Waals surface area contributed by atoms with E-state index in [0.717, 1.165) is 0 Å². The predicted octanol–water partition coefficient (Wildman–Crippen LogP) is 11.9. The molecular formula is C44H28N2. The van der Waals surface area contributed by atoms with Crippen LogP contribution >= 0.6 is 0 Å². The van der Waals surface area contributed by atoms with Gasteiger partial charge in [-0.1, -0.05) is 121 Å². The van der Waals surface area contributed by atoms with E-state index in [-0.39, 0.29) is 0 Å². The van der Waals surface area contributed by atoms with Crippen molar-refractivity contribution < 1.29 is 0 Å². The highest BCUT2D eigenvalue weighted by molar-refractivity contribution is 6.22. The summed E-state index contributed by atoms with van der Waals surface area (Å²) in [5.41, 5.74) is 9.66. The SMILES string of the molecule is c1ccc(-n2c3ccccc3c3ccc(-c4c5ccccc5cc5c6ccccc6n(-c6ccc7ccccc7c6)c45)cc32)cc1. The van der Waals surface area contributed by atoms with Crippen LogP contribution in [0.15, 0.2) is 170 Å². The van der Waals surface area contributed by atoms with Gasteiger partial charge in [-0.05, 0) is 75.6 Å². The molecule has 0 aliphatic heterocycles. The molecule has 10 aromatic rings. The van der Waals surface area contributed by atoms with Crippen molar-refractivity contribution in [2.45, 2.75) is 0 Å². The average Bonchev–Trinajstić information content (AvgIpc) is 3.63. The molecule has 0 saturated carbocycles. The molecule has 0 radical (unpaired) electrons. The minimum atomic E-state index is 1.17. The summed E-state index contributed by atoms with van der Waals surface area (Å²) >= 11 is 0. The summed E-state index contributed by atoms with van der Waals surface area (Å²) in [5.74, 6) is 0. The fourth-order valence-electron chi connectivity index (χ4n) is 7.65. The van der Waals surface area contributed by atoms with Crippen LogP contribution in [0.4, 0.5) is 0 Å². The molecule has 0 unspecified atom stereocenters. The lowest BCUT2D eigenvalue weighted by atomic mass is 9.94. The van der Waals surface area contributed by atoms with Crippen LogP contribution < -0.4 is 0 Å². The Hall–Kier alpha value is -6.12. The van der Waals surface area contributed by atoms with Crippen molar-refractivity contribution in [1.82, 2.24) is 9.13 Å². The van der Waals surface area contributed by atoms with Gasteiger partial charge in [-0.3, -0.25) is 0 Å². The Bertz CT molecular complexity index is 2800. The van der Waals surface area contributed by atoms with Crippen LogP contribution in [-0.4, -0.2) is 9.13 Å². The van der Waals surface area contributed by atoms with Gasteiger partial charge in [-0.15, -0.1) is 0 Å². The number of nitrogens with zero attached hydrogens (tertiary/aromatic N) is 2. The van der Waals surface area contributed by atoms with Crippen LogP contribution in [0.5, 0.6) is 0 Å². The van der Waals surface area contributed by atoms with Gasteiger partial charge in [-0.25, -0.2) is 0 Å². The largest absolute Gasteiger partial charge is 0.309 e. The number of hydrogen-bond donors (Lipinski definition) is 0. The van der Waals surface area contributed by atoms with E-state index in [4.69, 9.17) is 0 Å². The third-order valence-corrected chi connectivity index (χ3v) is 9.65. The van der Waals surface area contributed by atoms with Gasteiger partial charge >= 0.3 is 0 Å². The van der Waals surface area contributed by atoms with Crippen LogP contribution in [0.2, 0.25) is 0 Å². The van der Waals surface area contributed by atoms with Crippen molar-refractivity contribution in [1.29, 1.82) is 0 Å². The van der Waals surface area contributed by atoms with E-state index in [9.17, 15) is 0 Å². The molecule has 0 aliphatic carbocycles. The highest BCUT2D eigenvalue weighted by atomic mass is 15.0. The number of para-hydroxylation sites is 3. The van der Waals surface area contributed by atoms with E-state index in [0.29, 0.717) is 0 Å². The normalized spacial score (nSPS) is 11.9. The van der Waals surface area contributed by atoms with E-state index in [1.807, 2.05) is 0 Å². The maximum absolute atomic E-state index is 2.48. The molecule has 0 spiro atoms. The van der Waals surface area contributed by atoms with Crippen molar-refractivity contribution in [3.8, 4) is 22.5 Å². The molecule has 46 heavy (non-hydrogen) atoms. The summed E-state index contributed by atoms with van der Waals surface area (Å²) in [6, 6.07) is 62.1. The molecule has 0 saturated heterocycles. The second kappa shape index (κ2) is 9.69. The molecule has 0 fully saturated rings. The quantitative estimate of drug-likeness (QED) is 0.195. The molecule has 0 atom stereocenters. The van der Waals surface area contributed by atoms with Gasteiger partial charge in [0.05, 0.1) is 22.1 Å². The van der Waals surface area contributed by atoms with Crippen LogP contribution in [0.3, 0.4) is 0 Å². The van der Waals surface area contributed by atoms with Crippen LogP contribution in [0.1, 0.15) is 0 Å². The Morgan fingerprint density at radius 1 is 0.304 bits per heavy atom. The van der Waals surface area contributed by atoms with Gasteiger partial charge in [0, 0.05) is 38.5 Å². The summed E-state index contributed by atoms with van der Waals surface area (Å²) in [5, 5.41) is 10.0. The minimum Gasteiger partial charge on any atom is -0.309 e. The Labute approximate surface area is 266 Å². The second-order valence-corrected chi connectivity index (χ2v) is 12.2. The molecular weight excluding hydrogens is 556 g/mol. The summed E-state index contributed by atoms with van der Waals surface area (Å²) in [6.45, 7) is 0. The van der Waals surface area contributed by atoms with Crippen LogP contribution in [-0.2, 0) is 0 Å². The molecule has 10 rings (SSSR count). The average molecular weight is 585 g/mol. The predicted molar refractivity (Wildman–Crippen MR) is 196 cm³/mol. The Morgan fingerprint density at radius 3 is 1.72 bits per heavy atom. The van der Waals surface area contributed by atoms with Gasteiger partial charge < -0.3 is 9.13 Å². The second-order valence-electron chi connectivity index (χ2n) is 12.2. The standard InChI is InChI=1S/C44H28N2/c1-2-15-33(16-3-1)45-40-20-10-8-18-36(40)38-25-23-32(28-42(38)45)43-35-17-7-6-14-31(35)27-39-37-19-9-11-21-41(37)46(44(39)43)34-24-22-29-12-4-5-13-30(29)26-34/h1-28H. The van der Waals surface area contributed by atoms with Gasteiger partial charge in [0.2, 0.25) is 0 Å². The maximum atomic E-state index is 2.48. The first kappa shape index (κ1) is 25.2. The monoisotopic (exact) mass is 584 g/mol. The molecule has 2 heteroatoms. The van der Waals surface area contributed by atoms with Gasteiger partial charge in [0.15, 0.2) is 0 Å². The first-order valence-electron chi connectivity index (χ1n) is 15.9. The van der Waals surface area contributed by atoms with Gasteiger partial charge in [-0.2, -0.15) is 0 Å². The summed E-state index contributed by atoms with van der Waals surface area (Å²) < 4.78 is 4.89. The number of aromatic nitrogens is 2. The molecule has 0 bridgehead atoms. The van der Waals surface area contributed by atoms with Crippen molar-refractivity contribution in [2.24, 2.45) is 0 Å². The smallest absolute Gasteiger partial charge is 0.0625 e. The molecule has 2 aromatic heterocycles. The van der Waals surface area contributed by atoms with Gasteiger partial charge in [0.1, 0.15) is 0 Å². The van der Waals surface area contributed by atoms with E-state index in [2.05, 4.69) is 179 Å². The first-order chi connectivity index (χ1) is 22.8. The minimum absolute atomic E-state index is 1.17. The molecule has 0 aliphatic rings. The lowest BCUT2D eigenvalue weighted by Crippen LogP contribution is -1.97. The zero-order chi connectivity index (χ0) is 30.2. The number of rotatable bonds is 3. The van der Waals surface area contributed by atoms with Crippen molar-refractivity contribution in [3.05, 3.63) is 170 Å². The van der Waals surface area contributed by atoms with E-state index < -0.39 is 0 Å². The lowest BCUT2D eigenvalue weighted by Gasteiger charge is -2.16. The number of fused-ring (bicyclic) bond motifs is 8. The zero-order valence-corrected chi connectivity index (χ0v) is 25.1. The molecule has 2 heterocycles. The van der Waals surface area contributed by atoms with E-state index in [1.54, 1.807) is 0 Å². The molecule has 214 valence electrons. The highest BCUT2D eigenvalue weighted by Crippen LogP contribution is 2.44. The summed E-state index contributed by atoms with van der Waals surface area (Å²) in [7, 11) is 0. The van der Waals surface area contributed by atoms with Crippen LogP contribution in [0.25, 0.3) is 87.7 Å². The lowest BCUT2D eigenvalue weighted by molar-refractivity contribution is 1.18. The summed E-state index contributed by atoms with van der Waals surface area (Å²) in [6.07, 6.45) is 0. The topological polar surface area (TPSA) is 9.86 Å². The third-order valence-electron chi connectivity index (χ3n) is 9.65. The summed E-state index contributed by atoms with van der Waals surface area (Å²) in [4.78, 5) is 0. The Morgan fingerprint density at radius 2 is 0.913 bits per heavy atom. The number of hydrogen-bond acceptors (Lipinski definition) is 0. The Kier molecular flexibility index (Phi) is 5.31. The Balaban J connectivity index is 1.37. The van der Waals surface area contributed by atoms with Crippen molar-refractivity contribution in [3.63, 3.8) is 0 Å². The highest BCUT2D eigenvalue weighted by Gasteiger charge is 2.21. The molecule has 0 N–H and O–H groups in total. The first-order valence-corrected chi connectivity index (χ1v) is 15.9. The molecule has 2 nitrogen and oxygen atoms in total. The van der Waals surface area contributed by atoms with E-state index >= 15 is 0 Å². The molecule has 8 aromatic carbocycles. The zero-order valence-electron chi connectivity index (χ0n) is 25.1. The van der Waals surface area contributed by atoms with E-state index in [1.165, 1.54) is 87.7 Å². The van der Waals surface area contributed by atoms with Crippen molar-refractivity contribution in [2.75, 3.05) is 0 Å². The van der Waals surface area contributed by atoms with Crippen LogP contribution in [0, 0.1) is 0 Å². The maximum Gasteiger partial charge on any atom is 0.0625 e. The van der Waals surface area contributed by atoms with Gasteiger partial charge in [0.25, 0.3) is 0 Å². The van der Waals surface area contributed by atoms with Crippen molar-refractivity contribution >= 4 is 65.2 Å².